The molecule has 3 aromatic rings. The van der Waals surface area contributed by atoms with Crippen molar-refractivity contribution < 1.29 is 23.0 Å². The number of nitrogens with zero attached hydrogens (tertiary/aromatic N) is 4. The number of hydrogen-bond donors (Lipinski definition) is 1. The zero-order chi connectivity index (χ0) is 21.3. The lowest BCUT2D eigenvalue weighted by Gasteiger charge is -2.23. The van der Waals surface area contributed by atoms with Gasteiger partial charge in [0.2, 0.25) is 0 Å². The van der Waals surface area contributed by atoms with Crippen LogP contribution in [0, 0.1) is 0 Å². The maximum absolute atomic E-state index is 13.5. The van der Waals surface area contributed by atoms with Crippen molar-refractivity contribution in [2.45, 2.75) is 44.5 Å². The molecule has 0 spiro atoms. The van der Waals surface area contributed by atoms with Crippen LogP contribution in [0.25, 0.3) is 22.4 Å². The molecule has 1 aliphatic rings. The fourth-order valence-corrected chi connectivity index (χ4v) is 3.64. The van der Waals surface area contributed by atoms with Crippen LogP contribution in [-0.4, -0.2) is 37.3 Å². The second-order valence-electron chi connectivity index (χ2n) is 7.09. The van der Waals surface area contributed by atoms with E-state index in [4.69, 9.17) is 4.74 Å². The first-order valence-electron chi connectivity index (χ1n) is 9.59. The van der Waals surface area contributed by atoms with Gasteiger partial charge in [-0.25, -0.2) is 9.97 Å². The van der Waals surface area contributed by atoms with Gasteiger partial charge in [-0.1, -0.05) is 0 Å². The SMILES string of the molecule is O=c1c2c(C(F)(F)F)nccc2nc(-c2ncccc2O)n1CC[C@@H]1CCCCO1. The molecule has 158 valence electrons. The van der Waals surface area contributed by atoms with Crippen molar-refractivity contribution in [2.75, 3.05) is 6.61 Å². The van der Waals surface area contributed by atoms with E-state index in [1.54, 1.807) is 0 Å². The number of aromatic nitrogens is 4. The predicted octanol–water partition coefficient (Wildman–Crippen LogP) is 3.54. The van der Waals surface area contributed by atoms with Gasteiger partial charge in [-0.05, 0) is 43.9 Å². The molecule has 7 nitrogen and oxygen atoms in total. The van der Waals surface area contributed by atoms with Gasteiger partial charge in [0.05, 0.1) is 17.0 Å². The summed E-state index contributed by atoms with van der Waals surface area (Å²) in [6.07, 6.45) is 0.660. The van der Waals surface area contributed by atoms with Crippen molar-refractivity contribution in [3.8, 4) is 17.3 Å². The number of alkyl halides is 3. The second-order valence-corrected chi connectivity index (χ2v) is 7.09. The van der Waals surface area contributed by atoms with Crippen LogP contribution in [0.1, 0.15) is 31.4 Å². The van der Waals surface area contributed by atoms with Gasteiger partial charge in [-0.15, -0.1) is 0 Å². The van der Waals surface area contributed by atoms with Crippen molar-refractivity contribution in [3.63, 3.8) is 0 Å². The Balaban J connectivity index is 1.90. The number of fused-ring (bicyclic) bond motifs is 1. The van der Waals surface area contributed by atoms with E-state index in [0.717, 1.165) is 30.0 Å². The zero-order valence-electron chi connectivity index (χ0n) is 15.9. The highest BCUT2D eigenvalue weighted by Gasteiger charge is 2.36. The van der Waals surface area contributed by atoms with Crippen LogP contribution in [0.2, 0.25) is 0 Å². The average molecular weight is 420 g/mol. The highest BCUT2D eigenvalue weighted by molar-refractivity contribution is 5.82. The number of halogens is 3. The zero-order valence-corrected chi connectivity index (χ0v) is 15.9. The molecule has 0 unspecified atom stereocenters. The third-order valence-electron chi connectivity index (χ3n) is 5.09. The van der Waals surface area contributed by atoms with Crippen LogP contribution in [-0.2, 0) is 17.5 Å². The van der Waals surface area contributed by atoms with Crippen LogP contribution in [0.4, 0.5) is 13.2 Å². The van der Waals surface area contributed by atoms with Crippen molar-refractivity contribution in [2.24, 2.45) is 0 Å². The smallest absolute Gasteiger partial charge is 0.434 e. The minimum atomic E-state index is -4.81. The van der Waals surface area contributed by atoms with Gasteiger partial charge in [0.1, 0.15) is 11.4 Å². The molecule has 0 saturated carbocycles. The maximum atomic E-state index is 13.5. The molecule has 1 N–H and O–H groups in total. The molecule has 4 rings (SSSR count). The van der Waals surface area contributed by atoms with Crippen LogP contribution in [0.3, 0.4) is 0 Å². The van der Waals surface area contributed by atoms with Crippen molar-refractivity contribution in [1.29, 1.82) is 0 Å². The summed E-state index contributed by atoms with van der Waals surface area (Å²) in [7, 11) is 0. The van der Waals surface area contributed by atoms with Crippen LogP contribution >= 0.6 is 0 Å². The lowest BCUT2D eigenvalue weighted by Crippen LogP contribution is -2.29. The average Bonchev–Trinajstić information content (AvgIpc) is 2.73. The molecule has 1 aliphatic heterocycles. The summed E-state index contributed by atoms with van der Waals surface area (Å²) in [5.74, 6) is -0.225. The van der Waals surface area contributed by atoms with Crippen LogP contribution in [0.15, 0.2) is 35.4 Å². The Morgan fingerprint density at radius 2 is 2.03 bits per heavy atom. The summed E-state index contributed by atoms with van der Waals surface area (Å²) in [6, 6.07) is 4.12. The van der Waals surface area contributed by atoms with Gasteiger partial charge in [-0.2, -0.15) is 13.2 Å². The fourth-order valence-electron chi connectivity index (χ4n) is 3.64. The lowest BCUT2D eigenvalue weighted by atomic mass is 10.1. The van der Waals surface area contributed by atoms with E-state index in [-0.39, 0.29) is 35.4 Å². The van der Waals surface area contributed by atoms with Gasteiger partial charge in [-0.3, -0.25) is 14.3 Å². The maximum Gasteiger partial charge on any atom is 0.434 e. The summed E-state index contributed by atoms with van der Waals surface area (Å²) >= 11 is 0. The van der Waals surface area contributed by atoms with E-state index in [0.29, 0.717) is 13.0 Å². The second kappa shape index (κ2) is 8.02. The summed E-state index contributed by atoms with van der Waals surface area (Å²) in [5, 5.41) is 9.61. The molecule has 0 aliphatic carbocycles. The number of ether oxygens (including phenoxy) is 1. The topological polar surface area (TPSA) is 90.1 Å². The number of hydrogen-bond acceptors (Lipinski definition) is 6. The van der Waals surface area contributed by atoms with E-state index >= 15 is 0 Å². The Labute approximate surface area is 169 Å². The Bertz CT molecular complexity index is 1120. The first-order chi connectivity index (χ1) is 14.4. The number of aromatic hydroxyl groups is 1. The van der Waals surface area contributed by atoms with Gasteiger partial charge >= 0.3 is 6.18 Å². The molecule has 3 aromatic heterocycles. The molecule has 30 heavy (non-hydrogen) atoms. The standard InChI is InChI=1S/C20H19F3N4O3/c21-20(22,23)17-15-13(6-9-25-17)26-18(16-14(28)5-3-8-24-16)27(19(15)29)10-7-12-4-1-2-11-30-12/h3,5-6,8-9,12,28H,1-2,4,7,10-11H2/t12-/m0/s1. The molecule has 10 heteroatoms. The highest BCUT2D eigenvalue weighted by atomic mass is 19.4. The van der Waals surface area contributed by atoms with E-state index in [9.17, 15) is 23.1 Å². The Hall–Kier alpha value is -3.01. The summed E-state index contributed by atoms with van der Waals surface area (Å²) in [4.78, 5) is 24.9. The third-order valence-corrected chi connectivity index (χ3v) is 5.09. The lowest BCUT2D eigenvalue weighted by molar-refractivity contribution is -0.139. The first kappa shape index (κ1) is 20.3. The first-order valence-corrected chi connectivity index (χ1v) is 9.59. The van der Waals surface area contributed by atoms with Crippen molar-refractivity contribution in [1.82, 2.24) is 19.5 Å². The summed E-state index contributed by atoms with van der Waals surface area (Å²) < 4.78 is 47.3. The van der Waals surface area contributed by atoms with Crippen molar-refractivity contribution >= 4 is 10.9 Å². The quantitative estimate of drug-likeness (QED) is 0.695. The van der Waals surface area contributed by atoms with Crippen molar-refractivity contribution in [3.05, 3.63) is 46.6 Å². The van der Waals surface area contributed by atoms with E-state index in [1.807, 2.05) is 0 Å². The molecule has 0 radical (unpaired) electrons. The molecular weight excluding hydrogens is 401 g/mol. The molecule has 4 heterocycles. The van der Waals surface area contributed by atoms with E-state index < -0.39 is 22.8 Å². The normalized spacial score (nSPS) is 17.4. The summed E-state index contributed by atoms with van der Waals surface area (Å²) in [5.41, 5.74) is -2.30. The van der Waals surface area contributed by atoms with E-state index in [2.05, 4.69) is 15.0 Å². The predicted molar refractivity (Wildman–Crippen MR) is 102 cm³/mol. The van der Waals surface area contributed by atoms with Gasteiger partial charge in [0, 0.05) is 25.5 Å². The minimum absolute atomic E-state index is 0.000680. The highest BCUT2D eigenvalue weighted by Crippen LogP contribution is 2.32. The molecule has 0 bridgehead atoms. The molecule has 1 fully saturated rings. The molecule has 0 amide bonds. The summed E-state index contributed by atoms with van der Waals surface area (Å²) in [6.45, 7) is 0.690. The Morgan fingerprint density at radius 1 is 1.20 bits per heavy atom. The molecule has 0 aromatic carbocycles. The Morgan fingerprint density at radius 3 is 2.73 bits per heavy atom. The molecule has 1 saturated heterocycles. The Kier molecular flexibility index (Phi) is 5.42. The largest absolute Gasteiger partial charge is 0.506 e. The van der Waals surface area contributed by atoms with Crippen LogP contribution < -0.4 is 5.56 Å². The number of rotatable bonds is 4. The van der Waals surface area contributed by atoms with Gasteiger partial charge < -0.3 is 9.84 Å². The van der Waals surface area contributed by atoms with Gasteiger partial charge in [0.15, 0.2) is 11.5 Å². The third kappa shape index (κ3) is 3.87. The van der Waals surface area contributed by atoms with Crippen LogP contribution in [0.5, 0.6) is 5.75 Å². The van der Waals surface area contributed by atoms with E-state index in [1.165, 1.54) is 24.4 Å². The molecular formula is C20H19F3N4O3. The molecule has 1 atom stereocenters. The minimum Gasteiger partial charge on any atom is -0.506 e. The monoisotopic (exact) mass is 420 g/mol. The fraction of sp³-hybridized carbons (Fsp3) is 0.400. The van der Waals surface area contributed by atoms with Gasteiger partial charge in [0.25, 0.3) is 5.56 Å². The number of pyridine rings is 2.